The Kier molecular flexibility index (Phi) is 10.1. The summed E-state index contributed by atoms with van der Waals surface area (Å²) in [6, 6.07) is 17.2. The lowest BCUT2D eigenvalue weighted by Gasteiger charge is -2.32. The van der Waals surface area contributed by atoms with Gasteiger partial charge >= 0.3 is 0 Å². The van der Waals surface area contributed by atoms with Crippen LogP contribution in [0, 0.1) is 12.7 Å². The number of nitrogens with one attached hydrogen (secondary N) is 1. The molecule has 0 unspecified atom stereocenters. The van der Waals surface area contributed by atoms with E-state index in [-0.39, 0.29) is 33.8 Å². The standard InChI is InChI=1S/C29H33ClFN3O4S/c1-5-21(3)32-29(36)22(4)33(18-23-9-6-7-12-27(23)31)28(35)19-34(25-11-8-10-24(30)17-25)39(37,38)26-15-13-20(2)14-16-26/h6-17,21-22H,5,18-19H2,1-4H3,(H,32,36)/t21-,22+/m0/s1. The van der Waals surface area contributed by atoms with Crippen LogP contribution < -0.4 is 9.62 Å². The molecule has 0 aliphatic rings. The molecule has 0 spiro atoms. The SMILES string of the molecule is CC[C@H](C)NC(=O)[C@@H](C)N(Cc1ccccc1F)C(=O)CN(c1cccc(Cl)c1)S(=O)(=O)c1ccc(C)cc1. The lowest BCUT2D eigenvalue weighted by atomic mass is 10.1. The van der Waals surface area contributed by atoms with Crippen LogP contribution in [0.4, 0.5) is 10.1 Å². The van der Waals surface area contributed by atoms with E-state index < -0.39 is 40.2 Å². The predicted molar refractivity (Wildman–Crippen MR) is 151 cm³/mol. The maximum atomic E-state index is 14.6. The third-order valence-electron chi connectivity index (χ3n) is 6.45. The van der Waals surface area contributed by atoms with Crippen molar-refractivity contribution >= 4 is 39.1 Å². The number of halogens is 2. The van der Waals surface area contributed by atoms with Crippen LogP contribution in [0.1, 0.15) is 38.3 Å². The number of anilines is 1. The Hall–Kier alpha value is -3.43. The van der Waals surface area contributed by atoms with E-state index in [0.29, 0.717) is 6.42 Å². The van der Waals surface area contributed by atoms with Gasteiger partial charge in [0.05, 0.1) is 10.6 Å². The van der Waals surface area contributed by atoms with Gasteiger partial charge in [0.2, 0.25) is 11.8 Å². The van der Waals surface area contributed by atoms with Gasteiger partial charge in [-0.3, -0.25) is 13.9 Å². The van der Waals surface area contributed by atoms with E-state index in [9.17, 15) is 22.4 Å². The highest BCUT2D eigenvalue weighted by Crippen LogP contribution is 2.27. The fourth-order valence-corrected chi connectivity index (χ4v) is 5.45. The minimum atomic E-state index is -4.21. The summed E-state index contributed by atoms with van der Waals surface area (Å²) in [4.78, 5) is 28.1. The highest BCUT2D eigenvalue weighted by atomic mass is 35.5. The summed E-state index contributed by atoms with van der Waals surface area (Å²) in [7, 11) is -4.21. The second-order valence-corrected chi connectivity index (χ2v) is 11.7. The van der Waals surface area contributed by atoms with Crippen LogP contribution in [0.3, 0.4) is 0 Å². The minimum Gasteiger partial charge on any atom is -0.352 e. The Morgan fingerprint density at radius 1 is 1.00 bits per heavy atom. The zero-order valence-corrected chi connectivity index (χ0v) is 24.0. The molecule has 0 radical (unpaired) electrons. The van der Waals surface area contributed by atoms with Crippen LogP contribution in [-0.2, 0) is 26.2 Å². The van der Waals surface area contributed by atoms with Crippen molar-refractivity contribution in [1.82, 2.24) is 10.2 Å². The lowest BCUT2D eigenvalue weighted by molar-refractivity contribution is -0.139. The second-order valence-electron chi connectivity index (χ2n) is 9.41. The van der Waals surface area contributed by atoms with Crippen LogP contribution >= 0.6 is 11.6 Å². The Balaban J connectivity index is 2.04. The van der Waals surface area contributed by atoms with Crippen molar-refractivity contribution in [2.75, 3.05) is 10.8 Å². The molecule has 0 aromatic heterocycles. The molecule has 2 atom stereocenters. The van der Waals surface area contributed by atoms with Crippen LogP contribution in [0.2, 0.25) is 5.02 Å². The molecule has 3 rings (SSSR count). The van der Waals surface area contributed by atoms with E-state index in [1.165, 1.54) is 54.3 Å². The summed E-state index contributed by atoms with van der Waals surface area (Å²) in [5.74, 6) is -1.64. The van der Waals surface area contributed by atoms with Gasteiger partial charge in [0.1, 0.15) is 18.4 Å². The first-order valence-electron chi connectivity index (χ1n) is 12.6. The number of aryl methyl sites for hydroxylation is 1. The maximum Gasteiger partial charge on any atom is 0.264 e. The molecule has 0 fully saturated rings. The molecule has 0 aliphatic heterocycles. The quantitative estimate of drug-likeness (QED) is 0.337. The molecule has 0 bridgehead atoms. The number of carbonyl (C=O) groups excluding carboxylic acids is 2. The number of carbonyl (C=O) groups is 2. The van der Waals surface area contributed by atoms with Gasteiger partial charge < -0.3 is 10.2 Å². The Bertz CT molecular complexity index is 1420. The van der Waals surface area contributed by atoms with Crippen molar-refractivity contribution in [2.45, 2.75) is 57.6 Å². The summed E-state index contributed by atoms with van der Waals surface area (Å²) in [6.45, 7) is 6.26. The van der Waals surface area contributed by atoms with Crippen molar-refractivity contribution < 1.29 is 22.4 Å². The van der Waals surface area contributed by atoms with Crippen LogP contribution in [0.15, 0.2) is 77.7 Å². The first-order chi connectivity index (χ1) is 18.4. The highest BCUT2D eigenvalue weighted by molar-refractivity contribution is 7.92. The molecule has 7 nitrogen and oxygen atoms in total. The fourth-order valence-electron chi connectivity index (χ4n) is 3.86. The molecular formula is C29H33ClFN3O4S. The topological polar surface area (TPSA) is 86.8 Å². The number of sulfonamides is 1. The van der Waals surface area contributed by atoms with Gasteiger partial charge in [-0.25, -0.2) is 12.8 Å². The van der Waals surface area contributed by atoms with Crippen molar-refractivity contribution in [1.29, 1.82) is 0 Å². The fraction of sp³-hybridized carbons (Fsp3) is 0.310. The maximum absolute atomic E-state index is 14.6. The molecule has 0 saturated heterocycles. The first kappa shape index (κ1) is 30.1. The summed E-state index contributed by atoms with van der Waals surface area (Å²) >= 11 is 6.17. The Morgan fingerprint density at radius 3 is 2.28 bits per heavy atom. The molecule has 0 saturated carbocycles. The van der Waals surface area contributed by atoms with Crippen molar-refractivity contribution in [3.8, 4) is 0 Å². The molecule has 1 N–H and O–H groups in total. The second kappa shape index (κ2) is 13.1. The van der Waals surface area contributed by atoms with Crippen LogP contribution in [0.25, 0.3) is 0 Å². The van der Waals surface area contributed by atoms with Gasteiger partial charge in [-0.15, -0.1) is 0 Å². The van der Waals surface area contributed by atoms with Gasteiger partial charge in [-0.2, -0.15) is 0 Å². The van der Waals surface area contributed by atoms with Gasteiger partial charge in [-0.05, 0) is 63.6 Å². The van der Waals surface area contributed by atoms with Gasteiger partial charge in [0, 0.05) is 23.2 Å². The van der Waals surface area contributed by atoms with Gasteiger partial charge in [0.25, 0.3) is 10.0 Å². The number of rotatable bonds is 11. The van der Waals surface area contributed by atoms with E-state index in [1.54, 1.807) is 30.3 Å². The van der Waals surface area contributed by atoms with Crippen LogP contribution in [0.5, 0.6) is 0 Å². The summed E-state index contributed by atoms with van der Waals surface area (Å²) in [5, 5.41) is 3.13. The molecule has 10 heteroatoms. The zero-order valence-electron chi connectivity index (χ0n) is 22.4. The molecule has 0 aliphatic carbocycles. The highest BCUT2D eigenvalue weighted by Gasteiger charge is 2.33. The molecule has 39 heavy (non-hydrogen) atoms. The summed E-state index contributed by atoms with van der Waals surface area (Å²) in [6.07, 6.45) is 0.678. The third kappa shape index (κ3) is 7.58. The number of benzene rings is 3. The number of hydrogen-bond acceptors (Lipinski definition) is 4. The predicted octanol–water partition coefficient (Wildman–Crippen LogP) is 5.31. The van der Waals surface area contributed by atoms with Crippen LogP contribution in [-0.4, -0.2) is 43.8 Å². The third-order valence-corrected chi connectivity index (χ3v) is 8.47. The van der Waals surface area contributed by atoms with Gasteiger partial charge in [0.15, 0.2) is 0 Å². The number of nitrogens with zero attached hydrogens (tertiary/aromatic N) is 2. The Morgan fingerprint density at radius 2 is 1.67 bits per heavy atom. The van der Waals surface area contributed by atoms with E-state index in [0.717, 1.165) is 9.87 Å². The molecule has 2 amide bonds. The van der Waals surface area contributed by atoms with Crippen molar-refractivity contribution in [3.05, 3.63) is 94.8 Å². The monoisotopic (exact) mass is 573 g/mol. The number of amides is 2. The van der Waals surface area contributed by atoms with E-state index >= 15 is 0 Å². The van der Waals surface area contributed by atoms with E-state index in [4.69, 9.17) is 11.6 Å². The largest absolute Gasteiger partial charge is 0.352 e. The van der Waals surface area contributed by atoms with E-state index in [1.807, 2.05) is 20.8 Å². The summed E-state index contributed by atoms with van der Waals surface area (Å²) in [5.41, 5.74) is 1.25. The lowest BCUT2D eigenvalue weighted by Crippen LogP contribution is -2.52. The normalized spacial score (nSPS) is 12.9. The van der Waals surface area contributed by atoms with Crippen molar-refractivity contribution in [3.63, 3.8) is 0 Å². The smallest absolute Gasteiger partial charge is 0.264 e. The molecule has 208 valence electrons. The zero-order chi connectivity index (χ0) is 28.7. The Labute approximate surface area is 234 Å². The summed E-state index contributed by atoms with van der Waals surface area (Å²) < 4.78 is 43.1. The van der Waals surface area contributed by atoms with Crippen molar-refractivity contribution in [2.24, 2.45) is 0 Å². The van der Waals surface area contributed by atoms with E-state index in [2.05, 4.69) is 5.32 Å². The number of hydrogen-bond donors (Lipinski definition) is 1. The molecule has 3 aromatic rings. The average Bonchev–Trinajstić information content (AvgIpc) is 2.90. The average molecular weight is 574 g/mol. The molecular weight excluding hydrogens is 541 g/mol. The first-order valence-corrected chi connectivity index (χ1v) is 14.4. The van der Waals surface area contributed by atoms with Gasteiger partial charge in [-0.1, -0.05) is 60.5 Å². The molecule has 3 aromatic carbocycles. The molecule has 0 heterocycles. The minimum absolute atomic E-state index is 0.0101.